The molecule has 0 aromatic carbocycles. The molecule has 75 heavy (non-hydrogen) atoms. The quantitative estimate of drug-likeness (QED) is 0.0212. The standard InChI is InChI=1S/C65H119N2O7P/c1-7-10-13-16-19-22-25-28-30-31-32-33-34-35-36-37-38-39-42-45-48-51-54-57-64(68)66-62(61-73-75(70,71)72-60-59-67(4,5)6)63(56-53-50-47-44-41-27-24-21-18-15-12-9-3)74-65(69)58-55-52-49-46-43-40-29-26-23-20-17-14-11-8-2/h11,14,19-20,22-23,28-30,40,53,56,62-63H,7-10,12-13,15-18,21,24-27,31-39,41-52,54-55,57-61H2,1-6H3,(H-,66,68,70,71)/b14-11+,22-19-,23-20+,30-28-,40-29+,56-53-. The second-order valence-corrected chi connectivity index (χ2v) is 23.6. The van der Waals surface area contributed by atoms with Gasteiger partial charge in [0.1, 0.15) is 19.3 Å². The normalized spacial score (nSPS) is 14.2. The fraction of sp³-hybridized carbons (Fsp3) is 0.785. The zero-order valence-corrected chi connectivity index (χ0v) is 50.6. The van der Waals surface area contributed by atoms with E-state index in [-0.39, 0.29) is 24.9 Å². The smallest absolute Gasteiger partial charge is 0.306 e. The number of phosphoric acid groups is 1. The Kier molecular flexibility index (Phi) is 52.9. The number of hydrogen-bond donors (Lipinski definition) is 1. The topological polar surface area (TPSA) is 114 Å². The number of ether oxygens (including phenoxy) is 1. The lowest BCUT2D eigenvalue weighted by molar-refractivity contribution is -0.870. The van der Waals surface area contributed by atoms with Crippen LogP contribution in [0.3, 0.4) is 0 Å². The highest BCUT2D eigenvalue weighted by molar-refractivity contribution is 7.45. The van der Waals surface area contributed by atoms with Crippen LogP contribution in [-0.4, -0.2) is 69.4 Å². The van der Waals surface area contributed by atoms with E-state index in [4.69, 9.17) is 13.8 Å². The van der Waals surface area contributed by atoms with E-state index >= 15 is 0 Å². The molecule has 0 rings (SSSR count). The summed E-state index contributed by atoms with van der Waals surface area (Å²) in [5.74, 6) is -0.565. The lowest BCUT2D eigenvalue weighted by Gasteiger charge is -2.30. The number of unbranched alkanes of at least 4 members (excludes halogenated alkanes) is 30. The Morgan fingerprint density at radius 1 is 0.480 bits per heavy atom. The summed E-state index contributed by atoms with van der Waals surface area (Å²) in [5.41, 5.74) is 0. The molecule has 0 aliphatic rings. The van der Waals surface area contributed by atoms with Crippen molar-refractivity contribution in [3.8, 4) is 0 Å². The fourth-order valence-electron chi connectivity index (χ4n) is 8.80. The van der Waals surface area contributed by atoms with Gasteiger partial charge in [0.15, 0.2) is 0 Å². The average Bonchev–Trinajstić information content (AvgIpc) is 3.37. The second-order valence-electron chi connectivity index (χ2n) is 22.2. The van der Waals surface area contributed by atoms with E-state index < -0.39 is 26.6 Å². The van der Waals surface area contributed by atoms with Gasteiger partial charge in [-0.3, -0.25) is 14.2 Å². The average molecular weight is 1070 g/mol. The van der Waals surface area contributed by atoms with Crippen LogP contribution in [0.5, 0.6) is 0 Å². The van der Waals surface area contributed by atoms with Gasteiger partial charge in [-0.1, -0.05) is 242 Å². The number of likely N-dealkylation sites (N-methyl/N-ethyl adjacent to an activating group) is 1. The monoisotopic (exact) mass is 1070 g/mol. The van der Waals surface area contributed by atoms with E-state index in [2.05, 4.69) is 86.8 Å². The van der Waals surface area contributed by atoms with Crippen LogP contribution in [0.25, 0.3) is 0 Å². The van der Waals surface area contributed by atoms with Gasteiger partial charge in [-0.2, -0.15) is 0 Å². The summed E-state index contributed by atoms with van der Waals surface area (Å²) in [7, 11) is 1.17. The number of amides is 1. The number of rotatable bonds is 56. The van der Waals surface area contributed by atoms with Gasteiger partial charge in [0, 0.05) is 12.8 Å². The van der Waals surface area contributed by atoms with Crippen molar-refractivity contribution in [1.29, 1.82) is 0 Å². The molecule has 9 nitrogen and oxygen atoms in total. The van der Waals surface area contributed by atoms with Crippen LogP contribution in [0.15, 0.2) is 72.9 Å². The molecule has 10 heteroatoms. The first-order valence-electron chi connectivity index (χ1n) is 31.2. The number of nitrogens with zero attached hydrogens (tertiary/aromatic N) is 1. The lowest BCUT2D eigenvalue weighted by atomic mass is 10.0. The number of phosphoric ester groups is 1. The van der Waals surface area contributed by atoms with Crippen molar-refractivity contribution in [1.82, 2.24) is 5.32 Å². The van der Waals surface area contributed by atoms with Crippen molar-refractivity contribution in [3.63, 3.8) is 0 Å². The van der Waals surface area contributed by atoms with Crippen molar-refractivity contribution < 1.29 is 37.3 Å². The van der Waals surface area contributed by atoms with Gasteiger partial charge in [-0.15, -0.1) is 0 Å². The minimum atomic E-state index is -4.70. The van der Waals surface area contributed by atoms with Crippen molar-refractivity contribution >= 4 is 19.7 Å². The second kappa shape index (κ2) is 54.8. The van der Waals surface area contributed by atoms with Crippen molar-refractivity contribution in [2.75, 3.05) is 40.9 Å². The van der Waals surface area contributed by atoms with Gasteiger partial charge in [0.25, 0.3) is 7.82 Å². The highest BCUT2D eigenvalue weighted by atomic mass is 31.2. The largest absolute Gasteiger partial charge is 0.756 e. The van der Waals surface area contributed by atoms with Gasteiger partial charge < -0.3 is 28.5 Å². The predicted octanol–water partition coefficient (Wildman–Crippen LogP) is 18.6. The van der Waals surface area contributed by atoms with Crippen molar-refractivity contribution in [2.45, 2.75) is 290 Å². The summed E-state index contributed by atoms with van der Waals surface area (Å²) in [6, 6.07) is -0.899. The molecule has 0 spiro atoms. The van der Waals surface area contributed by atoms with Crippen LogP contribution in [0.4, 0.5) is 0 Å². The van der Waals surface area contributed by atoms with Gasteiger partial charge >= 0.3 is 5.97 Å². The van der Waals surface area contributed by atoms with Gasteiger partial charge in [-0.05, 0) is 96.0 Å². The lowest BCUT2D eigenvalue weighted by Crippen LogP contribution is -2.47. The first-order valence-corrected chi connectivity index (χ1v) is 32.7. The summed E-state index contributed by atoms with van der Waals surface area (Å²) >= 11 is 0. The number of carbonyl (C=O) groups excluding carboxylic acids is 2. The molecule has 0 radical (unpaired) electrons. The Labute approximate surface area is 463 Å². The van der Waals surface area contributed by atoms with E-state index in [1.54, 1.807) is 0 Å². The molecule has 3 unspecified atom stereocenters. The molecule has 0 aliphatic carbocycles. The third kappa shape index (κ3) is 56.0. The summed E-state index contributed by atoms with van der Waals surface area (Å²) in [6.07, 6.45) is 70.1. The Morgan fingerprint density at radius 3 is 1.31 bits per heavy atom. The predicted molar refractivity (Wildman–Crippen MR) is 321 cm³/mol. The van der Waals surface area contributed by atoms with Gasteiger partial charge in [-0.25, -0.2) is 0 Å². The Hall–Kier alpha value is -2.55. The number of carbonyl (C=O) groups is 2. The Bertz CT molecular complexity index is 1510. The molecule has 0 saturated heterocycles. The molecular formula is C65H119N2O7P. The Balaban J connectivity index is 5.18. The molecule has 0 aromatic heterocycles. The minimum Gasteiger partial charge on any atom is -0.756 e. The van der Waals surface area contributed by atoms with Crippen LogP contribution in [-0.2, 0) is 27.9 Å². The summed E-state index contributed by atoms with van der Waals surface area (Å²) in [6.45, 7) is 6.70. The minimum absolute atomic E-state index is 0.0279. The molecule has 1 amide bonds. The van der Waals surface area contributed by atoms with E-state index in [0.29, 0.717) is 23.9 Å². The SMILES string of the molecule is CC/C=C/C/C=C/C/C=C/CCCCCCC(=O)OC(/C=C\CCCCCCCCCCCC)C(COP(=O)([O-])OCC[N+](C)(C)C)NC(=O)CCCCCCCCCCCCCCC/C=C\C/C=C\CCCCC. The van der Waals surface area contributed by atoms with Gasteiger partial charge in [0.2, 0.25) is 5.91 Å². The van der Waals surface area contributed by atoms with Crippen LogP contribution in [0.2, 0.25) is 0 Å². The molecule has 1 N–H and O–H groups in total. The fourth-order valence-corrected chi connectivity index (χ4v) is 9.52. The first kappa shape index (κ1) is 72.5. The number of hydrogen-bond acceptors (Lipinski definition) is 7. The molecule has 0 bridgehead atoms. The van der Waals surface area contributed by atoms with E-state index in [1.807, 2.05) is 33.3 Å². The maximum atomic E-state index is 13.5. The molecule has 0 saturated carbocycles. The number of quaternary nitrogens is 1. The molecule has 0 aliphatic heterocycles. The van der Waals surface area contributed by atoms with Crippen LogP contribution < -0.4 is 10.2 Å². The molecule has 3 atom stereocenters. The van der Waals surface area contributed by atoms with Gasteiger partial charge in [0.05, 0.1) is 33.8 Å². The van der Waals surface area contributed by atoms with Crippen LogP contribution in [0.1, 0.15) is 278 Å². The maximum absolute atomic E-state index is 13.5. The highest BCUT2D eigenvalue weighted by Crippen LogP contribution is 2.38. The summed E-state index contributed by atoms with van der Waals surface area (Å²) < 4.78 is 30.3. The Morgan fingerprint density at radius 2 is 0.853 bits per heavy atom. The van der Waals surface area contributed by atoms with E-state index in [0.717, 1.165) is 89.9 Å². The number of allylic oxidation sites excluding steroid dienone is 11. The molecular weight excluding hydrogens is 952 g/mol. The molecule has 436 valence electrons. The van der Waals surface area contributed by atoms with E-state index in [9.17, 15) is 19.0 Å². The van der Waals surface area contributed by atoms with Crippen molar-refractivity contribution in [3.05, 3.63) is 72.9 Å². The third-order valence-electron chi connectivity index (χ3n) is 13.6. The zero-order chi connectivity index (χ0) is 55.0. The van der Waals surface area contributed by atoms with Crippen LogP contribution >= 0.6 is 7.82 Å². The highest BCUT2D eigenvalue weighted by Gasteiger charge is 2.27. The maximum Gasteiger partial charge on any atom is 0.306 e. The number of nitrogens with one attached hydrogen (secondary N) is 1. The third-order valence-corrected chi connectivity index (χ3v) is 14.6. The van der Waals surface area contributed by atoms with Crippen molar-refractivity contribution in [2.24, 2.45) is 0 Å². The summed E-state index contributed by atoms with van der Waals surface area (Å²) in [4.78, 5) is 40.0. The molecule has 0 aromatic rings. The van der Waals surface area contributed by atoms with E-state index in [1.165, 1.54) is 148 Å². The first-order chi connectivity index (χ1) is 36.4. The number of esters is 1. The molecule has 0 fully saturated rings. The van der Waals surface area contributed by atoms with Crippen LogP contribution in [0, 0.1) is 0 Å². The summed E-state index contributed by atoms with van der Waals surface area (Å²) in [5, 5.41) is 3.02. The zero-order valence-electron chi connectivity index (χ0n) is 49.7. The molecule has 0 heterocycles.